The molecule has 0 aliphatic rings. The molecular formula is C12H22N4O3. The van der Waals surface area contributed by atoms with Gasteiger partial charge in [0.05, 0.1) is 6.04 Å². The molecule has 0 aromatic carbocycles. The van der Waals surface area contributed by atoms with Crippen LogP contribution in [0.3, 0.4) is 0 Å². The highest BCUT2D eigenvalue weighted by atomic mass is 16.5. The third-order valence-corrected chi connectivity index (χ3v) is 2.80. The molecule has 2 unspecified atom stereocenters. The van der Waals surface area contributed by atoms with Crippen LogP contribution < -0.4 is 10.6 Å². The van der Waals surface area contributed by atoms with Gasteiger partial charge in [0.2, 0.25) is 5.89 Å². The average molecular weight is 270 g/mol. The van der Waals surface area contributed by atoms with Gasteiger partial charge in [0, 0.05) is 20.1 Å². The van der Waals surface area contributed by atoms with Crippen molar-refractivity contribution < 1.29 is 14.4 Å². The number of rotatable bonds is 7. The number of aliphatic hydroxyl groups is 1. The second kappa shape index (κ2) is 7.73. The molecule has 0 aliphatic heterocycles. The predicted molar refractivity (Wildman–Crippen MR) is 69.5 cm³/mol. The highest BCUT2D eigenvalue weighted by Crippen LogP contribution is 2.12. The SMILES string of the molecule is CCC(NC(=O)NCC(C)CCO)c1noc(C)n1. The fraction of sp³-hybridized carbons (Fsp3) is 0.750. The number of nitrogens with zero attached hydrogens (tertiary/aromatic N) is 2. The van der Waals surface area contributed by atoms with Gasteiger partial charge >= 0.3 is 6.03 Å². The second-order valence-corrected chi connectivity index (χ2v) is 4.60. The highest BCUT2D eigenvalue weighted by Gasteiger charge is 2.17. The van der Waals surface area contributed by atoms with E-state index in [-0.39, 0.29) is 24.6 Å². The first-order chi connectivity index (χ1) is 9.06. The van der Waals surface area contributed by atoms with Crippen LogP contribution in [0.15, 0.2) is 4.52 Å². The first kappa shape index (κ1) is 15.4. The zero-order valence-electron chi connectivity index (χ0n) is 11.6. The number of urea groups is 1. The van der Waals surface area contributed by atoms with Crippen LogP contribution in [-0.2, 0) is 0 Å². The zero-order chi connectivity index (χ0) is 14.3. The molecule has 1 heterocycles. The molecule has 7 nitrogen and oxygen atoms in total. The maximum Gasteiger partial charge on any atom is 0.315 e. The number of aromatic nitrogens is 2. The van der Waals surface area contributed by atoms with Crippen molar-refractivity contribution in [2.45, 2.75) is 39.7 Å². The standard InChI is InChI=1S/C12H22N4O3/c1-4-10(11-14-9(3)19-16-11)15-12(18)13-7-8(2)5-6-17/h8,10,17H,4-7H2,1-3H3,(H2,13,15,18). The Labute approximate surface area is 112 Å². The minimum absolute atomic E-state index is 0.129. The van der Waals surface area contributed by atoms with Crippen LogP contribution in [0.5, 0.6) is 0 Å². The zero-order valence-corrected chi connectivity index (χ0v) is 11.6. The fourth-order valence-corrected chi connectivity index (χ4v) is 1.60. The number of aryl methyl sites for hydroxylation is 1. The quantitative estimate of drug-likeness (QED) is 0.690. The van der Waals surface area contributed by atoms with Crippen LogP contribution in [0.2, 0.25) is 0 Å². The number of hydrogen-bond donors (Lipinski definition) is 3. The lowest BCUT2D eigenvalue weighted by atomic mass is 10.1. The van der Waals surface area contributed by atoms with Crippen LogP contribution in [0, 0.1) is 12.8 Å². The van der Waals surface area contributed by atoms with E-state index in [4.69, 9.17) is 9.63 Å². The topological polar surface area (TPSA) is 100 Å². The lowest BCUT2D eigenvalue weighted by Gasteiger charge is -2.16. The molecule has 0 bridgehead atoms. The van der Waals surface area contributed by atoms with Gasteiger partial charge in [0.25, 0.3) is 0 Å². The normalized spacial score (nSPS) is 13.9. The van der Waals surface area contributed by atoms with E-state index >= 15 is 0 Å². The van der Waals surface area contributed by atoms with Crippen molar-refractivity contribution >= 4 is 6.03 Å². The van der Waals surface area contributed by atoms with Gasteiger partial charge in [-0.2, -0.15) is 4.98 Å². The summed E-state index contributed by atoms with van der Waals surface area (Å²) in [4.78, 5) is 15.8. The Bertz CT molecular complexity index is 394. The van der Waals surface area contributed by atoms with E-state index in [9.17, 15) is 4.79 Å². The number of amides is 2. The van der Waals surface area contributed by atoms with Gasteiger partial charge in [0.1, 0.15) is 0 Å². The average Bonchev–Trinajstić information content (AvgIpc) is 2.80. The Morgan fingerprint density at radius 2 is 2.26 bits per heavy atom. The molecule has 1 aromatic rings. The summed E-state index contributed by atoms with van der Waals surface area (Å²) in [6.07, 6.45) is 1.35. The van der Waals surface area contributed by atoms with Gasteiger partial charge in [0.15, 0.2) is 5.82 Å². The molecule has 0 fully saturated rings. The predicted octanol–water partition coefficient (Wildman–Crippen LogP) is 1.15. The summed E-state index contributed by atoms with van der Waals surface area (Å²) in [5.74, 6) is 1.20. The summed E-state index contributed by atoms with van der Waals surface area (Å²) in [6, 6.07) is -0.523. The van der Waals surface area contributed by atoms with Crippen molar-refractivity contribution in [2.75, 3.05) is 13.2 Å². The molecule has 1 aromatic heterocycles. The molecule has 0 radical (unpaired) electrons. The summed E-state index contributed by atoms with van der Waals surface area (Å²) in [7, 11) is 0. The molecule has 108 valence electrons. The minimum atomic E-state index is -0.265. The molecule has 0 saturated carbocycles. The maximum atomic E-state index is 11.7. The van der Waals surface area contributed by atoms with Crippen molar-refractivity contribution in [3.63, 3.8) is 0 Å². The van der Waals surface area contributed by atoms with Crippen LogP contribution in [0.25, 0.3) is 0 Å². The number of carbonyl (C=O) groups excluding carboxylic acids is 1. The van der Waals surface area contributed by atoms with E-state index in [2.05, 4.69) is 20.8 Å². The van der Waals surface area contributed by atoms with Gasteiger partial charge in [-0.3, -0.25) is 0 Å². The number of nitrogens with one attached hydrogen (secondary N) is 2. The number of aliphatic hydroxyl groups excluding tert-OH is 1. The molecule has 2 amide bonds. The molecular weight excluding hydrogens is 248 g/mol. The third kappa shape index (κ3) is 5.25. The molecule has 0 aliphatic carbocycles. The Morgan fingerprint density at radius 1 is 1.53 bits per heavy atom. The van der Waals surface area contributed by atoms with E-state index in [1.807, 2.05) is 13.8 Å². The van der Waals surface area contributed by atoms with Crippen molar-refractivity contribution in [1.29, 1.82) is 0 Å². The molecule has 0 spiro atoms. The third-order valence-electron chi connectivity index (χ3n) is 2.80. The van der Waals surface area contributed by atoms with E-state index in [0.717, 1.165) is 0 Å². The van der Waals surface area contributed by atoms with Crippen molar-refractivity contribution in [2.24, 2.45) is 5.92 Å². The summed E-state index contributed by atoms with van der Waals surface area (Å²) in [6.45, 7) is 6.26. The fourth-order valence-electron chi connectivity index (χ4n) is 1.60. The van der Waals surface area contributed by atoms with Crippen LogP contribution >= 0.6 is 0 Å². The molecule has 2 atom stereocenters. The summed E-state index contributed by atoms with van der Waals surface area (Å²) >= 11 is 0. The minimum Gasteiger partial charge on any atom is -0.396 e. The Kier molecular flexibility index (Phi) is 6.27. The van der Waals surface area contributed by atoms with E-state index in [1.54, 1.807) is 6.92 Å². The number of carbonyl (C=O) groups is 1. The van der Waals surface area contributed by atoms with Crippen molar-refractivity contribution in [3.8, 4) is 0 Å². The molecule has 0 saturated heterocycles. The van der Waals surface area contributed by atoms with E-state index in [0.29, 0.717) is 31.1 Å². The van der Waals surface area contributed by atoms with Gasteiger partial charge < -0.3 is 20.3 Å². The summed E-state index contributed by atoms with van der Waals surface area (Å²) < 4.78 is 4.90. The lowest BCUT2D eigenvalue weighted by Crippen LogP contribution is -2.40. The van der Waals surface area contributed by atoms with Gasteiger partial charge in [-0.15, -0.1) is 0 Å². The number of hydrogen-bond acceptors (Lipinski definition) is 5. The molecule has 19 heavy (non-hydrogen) atoms. The van der Waals surface area contributed by atoms with E-state index < -0.39 is 0 Å². The monoisotopic (exact) mass is 270 g/mol. The van der Waals surface area contributed by atoms with Crippen molar-refractivity contribution in [1.82, 2.24) is 20.8 Å². The van der Waals surface area contributed by atoms with Crippen molar-refractivity contribution in [3.05, 3.63) is 11.7 Å². The Balaban J connectivity index is 2.41. The lowest BCUT2D eigenvalue weighted by molar-refractivity contribution is 0.229. The van der Waals surface area contributed by atoms with Gasteiger partial charge in [-0.25, -0.2) is 4.79 Å². The van der Waals surface area contributed by atoms with Crippen LogP contribution in [0.1, 0.15) is 44.4 Å². The van der Waals surface area contributed by atoms with Gasteiger partial charge in [-0.05, 0) is 18.8 Å². The molecule has 1 rings (SSSR count). The second-order valence-electron chi connectivity index (χ2n) is 4.60. The maximum absolute atomic E-state index is 11.7. The largest absolute Gasteiger partial charge is 0.396 e. The van der Waals surface area contributed by atoms with Gasteiger partial charge in [-0.1, -0.05) is 19.0 Å². The molecule has 7 heteroatoms. The van der Waals surface area contributed by atoms with Crippen LogP contribution in [-0.4, -0.2) is 34.4 Å². The highest BCUT2D eigenvalue weighted by molar-refractivity contribution is 5.74. The summed E-state index contributed by atoms with van der Waals surface area (Å²) in [5.41, 5.74) is 0. The molecule has 3 N–H and O–H groups in total. The smallest absolute Gasteiger partial charge is 0.315 e. The first-order valence-electron chi connectivity index (χ1n) is 6.52. The Hall–Kier alpha value is -1.63. The summed E-state index contributed by atoms with van der Waals surface area (Å²) in [5, 5.41) is 18.1. The van der Waals surface area contributed by atoms with Crippen LogP contribution in [0.4, 0.5) is 4.79 Å². The Morgan fingerprint density at radius 3 is 2.79 bits per heavy atom. The van der Waals surface area contributed by atoms with E-state index in [1.165, 1.54) is 0 Å². The first-order valence-corrected chi connectivity index (χ1v) is 6.52.